The van der Waals surface area contributed by atoms with E-state index in [0.717, 1.165) is 0 Å². The van der Waals surface area contributed by atoms with Gasteiger partial charge >= 0.3 is 5.91 Å². The average molecular weight is 216 g/mol. The van der Waals surface area contributed by atoms with E-state index in [0.29, 0.717) is 19.3 Å². The molecule has 1 rings (SSSR count). The molecule has 86 valence electrons. The first kappa shape index (κ1) is 12.3. The second-order valence-electron chi connectivity index (χ2n) is 3.98. The van der Waals surface area contributed by atoms with Crippen LogP contribution >= 0.6 is 0 Å². The number of hydrogen-bond acceptors (Lipinski definition) is 4. The number of rotatable bonds is 4. The van der Waals surface area contributed by atoms with Gasteiger partial charge in [-0.1, -0.05) is 0 Å². The van der Waals surface area contributed by atoms with Gasteiger partial charge < -0.3 is 10.2 Å². The molecule has 0 aromatic rings. The quantitative estimate of drug-likeness (QED) is 0.595. The molecule has 0 aromatic carbocycles. The van der Waals surface area contributed by atoms with Gasteiger partial charge in [0.1, 0.15) is 19.6 Å². The van der Waals surface area contributed by atoms with Gasteiger partial charge in [0, 0.05) is 6.42 Å². The number of carbonyl (C=O) groups is 2. The van der Waals surface area contributed by atoms with Crippen molar-refractivity contribution < 1.29 is 24.3 Å². The molecule has 0 unspecified atom stereocenters. The van der Waals surface area contributed by atoms with Crippen LogP contribution in [0.25, 0.3) is 0 Å². The molecule has 1 aliphatic rings. The summed E-state index contributed by atoms with van der Waals surface area (Å²) in [5.74, 6) is 0.00620. The zero-order chi connectivity index (χ0) is 11.3. The first-order valence-corrected chi connectivity index (χ1v) is 5.27. The van der Waals surface area contributed by atoms with Crippen LogP contribution < -0.4 is 0 Å². The van der Waals surface area contributed by atoms with Crippen molar-refractivity contribution in [3.63, 3.8) is 0 Å². The Labute approximate surface area is 88.9 Å². The molecule has 1 saturated heterocycles. The molecule has 1 heterocycles. The van der Waals surface area contributed by atoms with Crippen LogP contribution in [-0.4, -0.2) is 59.2 Å². The minimum absolute atomic E-state index is 0.0380. The summed E-state index contributed by atoms with van der Waals surface area (Å²) in [7, 11) is 0. The van der Waals surface area contributed by atoms with Crippen molar-refractivity contribution in [2.75, 3.05) is 32.8 Å². The van der Waals surface area contributed by atoms with Crippen molar-refractivity contribution in [3.05, 3.63) is 0 Å². The van der Waals surface area contributed by atoms with Gasteiger partial charge in [0.05, 0.1) is 19.6 Å². The van der Waals surface area contributed by atoms with E-state index in [1.54, 1.807) is 0 Å². The van der Waals surface area contributed by atoms with E-state index >= 15 is 0 Å². The SMILES string of the molecule is O=C1CCCC(=O)[N+](CCO)(CCO)C1. The molecule has 0 saturated carbocycles. The molecule has 5 nitrogen and oxygen atoms in total. The van der Waals surface area contributed by atoms with Gasteiger partial charge in [0.25, 0.3) is 0 Å². The highest BCUT2D eigenvalue weighted by molar-refractivity contribution is 5.84. The topological polar surface area (TPSA) is 74.6 Å². The second-order valence-corrected chi connectivity index (χ2v) is 3.98. The summed E-state index contributed by atoms with van der Waals surface area (Å²) in [4.78, 5) is 23.3. The fraction of sp³-hybridized carbons (Fsp3) is 0.800. The molecule has 1 fully saturated rings. The Morgan fingerprint density at radius 1 is 1.07 bits per heavy atom. The molecule has 0 radical (unpaired) electrons. The molecule has 15 heavy (non-hydrogen) atoms. The maximum absolute atomic E-state index is 11.9. The summed E-state index contributed by atoms with van der Waals surface area (Å²) in [6.45, 7) is 0.300. The molecular weight excluding hydrogens is 198 g/mol. The summed E-state index contributed by atoms with van der Waals surface area (Å²) < 4.78 is -0.0775. The molecule has 1 amide bonds. The maximum atomic E-state index is 11.9. The minimum Gasteiger partial charge on any atom is -0.390 e. The van der Waals surface area contributed by atoms with E-state index in [2.05, 4.69) is 0 Å². The molecule has 0 atom stereocenters. The highest BCUT2D eigenvalue weighted by Gasteiger charge is 2.39. The summed E-state index contributed by atoms with van der Waals surface area (Å²) in [5, 5.41) is 17.9. The highest BCUT2D eigenvalue weighted by Crippen LogP contribution is 2.17. The number of Topliss-reactive ketones (excluding diaryl/α,β-unsaturated/α-hetero) is 1. The number of aliphatic hydroxyl groups excluding tert-OH is 2. The Balaban J connectivity index is 2.87. The fourth-order valence-corrected chi connectivity index (χ4v) is 2.08. The normalized spacial score (nSPS) is 21.5. The average Bonchev–Trinajstić information content (AvgIpc) is 2.29. The Kier molecular flexibility index (Phi) is 4.38. The van der Waals surface area contributed by atoms with Crippen molar-refractivity contribution in [1.29, 1.82) is 0 Å². The Hall–Kier alpha value is -0.780. The second kappa shape index (κ2) is 5.34. The van der Waals surface area contributed by atoms with E-state index in [4.69, 9.17) is 10.2 Å². The third kappa shape index (κ3) is 2.84. The van der Waals surface area contributed by atoms with Crippen molar-refractivity contribution >= 4 is 11.7 Å². The number of carbonyl (C=O) groups excluding carboxylic acids is 2. The molecule has 1 aliphatic heterocycles. The number of likely N-dealkylation sites (tertiary alicyclic amines) is 1. The van der Waals surface area contributed by atoms with E-state index < -0.39 is 0 Å². The van der Waals surface area contributed by atoms with Crippen LogP contribution in [-0.2, 0) is 9.59 Å². The van der Waals surface area contributed by atoms with Gasteiger partial charge in [-0.3, -0.25) is 9.28 Å². The number of nitrogens with zero attached hydrogens (tertiary/aromatic N) is 1. The van der Waals surface area contributed by atoms with Crippen molar-refractivity contribution in [3.8, 4) is 0 Å². The lowest BCUT2D eigenvalue weighted by Gasteiger charge is -2.33. The lowest BCUT2D eigenvalue weighted by Crippen LogP contribution is -2.57. The maximum Gasteiger partial charge on any atom is 0.314 e. The zero-order valence-electron chi connectivity index (χ0n) is 8.81. The minimum atomic E-state index is -0.140. The van der Waals surface area contributed by atoms with Crippen LogP contribution in [0.5, 0.6) is 0 Å². The van der Waals surface area contributed by atoms with Crippen molar-refractivity contribution in [1.82, 2.24) is 0 Å². The Morgan fingerprint density at radius 3 is 2.20 bits per heavy atom. The van der Waals surface area contributed by atoms with Gasteiger partial charge in [-0.15, -0.1) is 0 Å². The molecule has 5 heteroatoms. The van der Waals surface area contributed by atoms with Crippen LogP contribution in [0.1, 0.15) is 19.3 Å². The monoisotopic (exact) mass is 216 g/mol. The summed E-state index contributed by atoms with van der Waals surface area (Å²) in [6, 6.07) is 0. The molecule has 0 bridgehead atoms. The smallest absolute Gasteiger partial charge is 0.314 e. The van der Waals surface area contributed by atoms with Crippen LogP contribution in [0.3, 0.4) is 0 Å². The lowest BCUT2D eigenvalue weighted by atomic mass is 10.2. The molecule has 0 aromatic heterocycles. The number of aliphatic hydroxyl groups is 2. The number of amides is 1. The molecule has 2 N–H and O–H groups in total. The van der Waals surface area contributed by atoms with Crippen LogP contribution in [0.15, 0.2) is 0 Å². The molecule has 0 spiro atoms. The first-order valence-electron chi connectivity index (χ1n) is 5.27. The van der Waals surface area contributed by atoms with E-state index in [1.807, 2.05) is 0 Å². The first-order chi connectivity index (χ1) is 7.14. The third-order valence-corrected chi connectivity index (χ3v) is 2.91. The number of quaternary nitrogens is 1. The van der Waals surface area contributed by atoms with E-state index in [1.165, 1.54) is 0 Å². The standard InChI is InChI=1S/C10H18NO4/c12-6-4-11(5-7-13)8-9(14)2-1-3-10(11)15/h12-13H,1-8H2/q+1. The Morgan fingerprint density at radius 2 is 1.67 bits per heavy atom. The predicted molar refractivity (Wildman–Crippen MR) is 52.9 cm³/mol. The summed E-state index contributed by atoms with van der Waals surface area (Å²) in [6.07, 6.45) is 1.39. The number of hydrogen-bond donors (Lipinski definition) is 2. The van der Waals surface area contributed by atoms with Gasteiger partial charge in [0.15, 0.2) is 5.78 Å². The van der Waals surface area contributed by atoms with E-state index in [9.17, 15) is 9.59 Å². The third-order valence-electron chi connectivity index (χ3n) is 2.91. The summed E-state index contributed by atoms with van der Waals surface area (Å²) in [5.41, 5.74) is 0. The van der Waals surface area contributed by atoms with Crippen molar-refractivity contribution in [2.24, 2.45) is 0 Å². The summed E-state index contributed by atoms with van der Waals surface area (Å²) >= 11 is 0. The lowest BCUT2D eigenvalue weighted by molar-refractivity contribution is -0.847. The Bertz CT molecular complexity index is 246. The van der Waals surface area contributed by atoms with Crippen LogP contribution in [0.4, 0.5) is 0 Å². The van der Waals surface area contributed by atoms with Crippen LogP contribution in [0.2, 0.25) is 0 Å². The van der Waals surface area contributed by atoms with E-state index in [-0.39, 0.29) is 49.0 Å². The van der Waals surface area contributed by atoms with Gasteiger partial charge in [-0.05, 0) is 6.42 Å². The largest absolute Gasteiger partial charge is 0.390 e. The van der Waals surface area contributed by atoms with Crippen LogP contribution in [0, 0.1) is 0 Å². The molecule has 0 aliphatic carbocycles. The fourth-order valence-electron chi connectivity index (χ4n) is 2.08. The predicted octanol–water partition coefficient (Wildman–Crippen LogP) is -0.933. The van der Waals surface area contributed by atoms with Gasteiger partial charge in [-0.2, -0.15) is 0 Å². The zero-order valence-corrected chi connectivity index (χ0v) is 8.81. The van der Waals surface area contributed by atoms with Gasteiger partial charge in [0.2, 0.25) is 0 Å². The van der Waals surface area contributed by atoms with Crippen molar-refractivity contribution in [2.45, 2.75) is 19.3 Å². The molecular formula is C10H18NO4+. The van der Waals surface area contributed by atoms with Gasteiger partial charge in [-0.25, -0.2) is 4.79 Å². The number of ketones is 1. The highest BCUT2D eigenvalue weighted by atomic mass is 16.3.